The van der Waals surface area contributed by atoms with Crippen LogP contribution in [0.2, 0.25) is 10.0 Å². The molecule has 2 rings (SSSR count). The highest BCUT2D eigenvalue weighted by molar-refractivity contribution is 6.35. The fourth-order valence-electron chi connectivity index (χ4n) is 1.72. The average molecular weight is 301 g/mol. The third-order valence-electron chi connectivity index (χ3n) is 2.66. The van der Waals surface area contributed by atoms with Gasteiger partial charge in [-0.1, -0.05) is 35.3 Å². The molecule has 0 unspecified atom stereocenters. The molecule has 0 aliphatic heterocycles. The Morgan fingerprint density at radius 3 is 2.84 bits per heavy atom. The predicted octanol–water partition coefficient (Wildman–Crippen LogP) is 2.81. The number of nitrogen functional groups attached to an aromatic ring is 1. The van der Waals surface area contributed by atoms with E-state index in [4.69, 9.17) is 33.7 Å². The maximum atomic E-state index is 6.01. The van der Waals surface area contributed by atoms with Gasteiger partial charge in [-0.3, -0.25) is 0 Å². The molecule has 2 aromatic rings. The van der Waals surface area contributed by atoms with Crippen LogP contribution in [-0.4, -0.2) is 21.6 Å². The SMILES string of the molecule is CCc1c(N)nnn1CCOc1ccc(Cl)cc1Cl. The van der Waals surface area contributed by atoms with E-state index in [1.54, 1.807) is 22.9 Å². The van der Waals surface area contributed by atoms with Crippen molar-refractivity contribution in [1.29, 1.82) is 0 Å². The van der Waals surface area contributed by atoms with Gasteiger partial charge in [0, 0.05) is 5.02 Å². The van der Waals surface area contributed by atoms with Crippen LogP contribution in [0.15, 0.2) is 18.2 Å². The molecule has 0 spiro atoms. The van der Waals surface area contributed by atoms with Gasteiger partial charge in [0.05, 0.1) is 17.3 Å². The van der Waals surface area contributed by atoms with Gasteiger partial charge in [0.2, 0.25) is 0 Å². The molecule has 0 saturated carbocycles. The summed E-state index contributed by atoms with van der Waals surface area (Å²) in [4.78, 5) is 0. The van der Waals surface area contributed by atoms with Gasteiger partial charge in [0.25, 0.3) is 0 Å². The Morgan fingerprint density at radius 1 is 1.37 bits per heavy atom. The van der Waals surface area contributed by atoms with Gasteiger partial charge in [-0.2, -0.15) is 0 Å². The lowest BCUT2D eigenvalue weighted by atomic mass is 10.3. The number of hydrogen-bond donors (Lipinski definition) is 1. The number of aromatic nitrogens is 3. The number of halogens is 2. The Morgan fingerprint density at radius 2 is 2.16 bits per heavy atom. The number of anilines is 1. The summed E-state index contributed by atoms with van der Waals surface area (Å²) in [6, 6.07) is 5.11. The fraction of sp³-hybridized carbons (Fsp3) is 0.333. The predicted molar refractivity (Wildman–Crippen MR) is 75.8 cm³/mol. The third-order valence-corrected chi connectivity index (χ3v) is 3.19. The molecule has 5 nitrogen and oxygen atoms in total. The van der Waals surface area contributed by atoms with Crippen LogP contribution in [0.3, 0.4) is 0 Å². The Bertz CT molecular complexity index is 571. The molecule has 7 heteroatoms. The Balaban J connectivity index is 1.96. The molecule has 0 atom stereocenters. The van der Waals surface area contributed by atoms with E-state index < -0.39 is 0 Å². The van der Waals surface area contributed by atoms with Crippen LogP contribution >= 0.6 is 23.2 Å². The number of nitrogens with two attached hydrogens (primary N) is 1. The monoisotopic (exact) mass is 300 g/mol. The van der Waals surface area contributed by atoms with E-state index in [-0.39, 0.29) is 0 Å². The molecule has 1 aromatic carbocycles. The Labute approximate surface area is 121 Å². The summed E-state index contributed by atoms with van der Waals surface area (Å²) in [6.07, 6.45) is 0.778. The lowest BCUT2D eigenvalue weighted by Gasteiger charge is -2.09. The second kappa shape index (κ2) is 6.12. The van der Waals surface area contributed by atoms with E-state index in [1.807, 2.05) is 6.92 Å². The van der Waals surface area contributed by atoms with Crippen molar-refractivity contribution in [2.75, 3.05) is 12.3 Å². The number of ether oxygens (including phenoxy) is 1. The van der Waals surface area contributed by atoms with E-state index in [1.165, 1.54) is 0 Å². The van der Waals surface area contributed by atoms with Gasteiger partial charge in [-0.25, -0.2) is 4.68 Å². The lowest BCUT2D eigenvalue weighted by molar-refractivity contribution is 0.288. The first-order valence-corrected chi connectivity index (χ1v) is 6.63. The van der Waals surface area contributed by atoms with E-state index in [0.717, 1.165) is 12.1 Å². The first kappa shape index (κ1) is 14.0. The summed E-state index contributed by atoms with van der Waals surface area (Å²) in [5.41, 5.74) is 6.61. The molecule has 0 aliphatic rings. The summed E-state index contributed by atoms with van der Waals surface area (Å²) >= 11 is 11.8. The van der Waals surface area contributed by atoms with Gasteiger partial charge < -0.3 is 10.5 Å². The zero-order valence-corrected chi connectivity index (χ0v) is 11.9. The summed E-state index contributed by atoms with van der Waals surface area (Å²) in [5, 5.41) is 8.86. The molecule has 0 bridgehead atoms. The second-order valence-electron chi connectivity index (χ2n) is 3.92. The van der Waals surface area contributed by atoms with Crippen molar-refractivity contribution in [2.45, 2.75) is 19.9 Å². The van der Waals surface area contributed by atoms with E-state index in [0.29, 0.717) is 34.8 Å². The summed E-state index contributed by atoms with van der Waals surface area (Å²) in [5.74, 6) is 1.06. The normalized spacial score (nSPS) is 10.7. The number of nitrogens with zero attached hydrogens (tertiary/aromatic N) is 3. The molecule has 1 aromatic heterocycles. The highest BCUT2D eigenvalue weighted by atomic mass is 35.5. The molecule has 2 N–H and O–H groups in total. The van der Waals surface area contributed by atoms with Gasteiger partial charge >= 0.3 is 0 Å². The Hall–Kier alpha value is -1.46. The van der Waals surface area contributed by atoms with Crippen LogP contribution in [0.1, 0.15) is 12.6 Å². The smallest absolute Gasteiger partial charge is 0.169 e. The van der Waals surface area contributed by atoms with Crippen LogP contribution < -0.4 is 10.5 Å². The average Bonchev–Trinajstić information content (AvgIpc) is 2.72. The van der Waals surface area contributed by atoms with Crippen molar-refractivity contribution < 1.29 is 4.74 Å². The molecule has 0 aliphatic carbocycles. The molecule has 1 heterocycles. The van der Waals surface area contributed by atoms with E-state index >= 15 is 0 Å². The number of benzene rings is 1. The third kappa shape index (κ3) is 3.30. The van der Waals surface area contributed by atoms with Crippen molar-refractivity contribution >= 4 is 29.0 Å². The van der Waals surface area contributed by atoms with Crippen LogP contribution in [0, 0.1) is 0 Å². The molecule has 0 radical (unpaired) electrons. The highest BCUT2D eigenvalue weighted by Crippen LogP contribution is 2.27. The first-order valence-electron chi connectivity index (χ1n) is 5.87. The van der Waals surface area contributed by atoms with Gasteiger partial charge in [0.1, 0.15) is 12.4 Å². The molecule has 0 fully saturated rings. The zero-order valence-electron chi connectivity index (χ0n) is 10.4. The van der Waals surface area contributed by atoms with E-state index in [2.05, 4.69) is 10.3 Å². The molecule has 19 heavy (non-hydrogen) atoms. The maximum absolute atomic E-state index is 6.01. The highest BCUT2D eigenvalue weighted by Gasteiger charge is 2.08. The number of rotatable bonds is 5. The van der Waals surface area contributed by atoms with Crippen molar-refractivity contribution in [3.05, 3.63) is 33.9 Å². The molecule has 0 amide bonds. The van der Waals surface area contributed by atoms with Crippen LogP contribution in [0.4, 0.5) is 5.82 Å². The van der Waals surface area contributed by atoms with Crippen LogP contribution in [0.5, 0.6) is 5.75 Å². The van der Waals surface area contributed by atoms with Crippen molar-refractivity contribution in [3.63, 3.8) is 0 Å². The van der Waals surface area contributed by atoms with Crippen molar-refractivity contribution in [1.82, 2.24) is 15.0 Å². The summed E-state index contributed by atoms with van der Waals surface area (Å²) < 4.78 is 7.32. The quantitative estimate of drug-likeness (QED) is 0.922. The topological polar surface area (TPSA) is 66.0 Å². The molecule has 0 saturated heterocycles. The fourth-order valence-corrected chi connectivity index (χ4v) is 2.19. The van der Waals surface area contributed by atoms with Crippen molar-refractivity contribution in [3.8, 4) is 5.75 Å². The molecular formula is C12H14Cl2N4O. The second-order valence-corrected chi connectivity index (χ2v) is 4.76. The minimum atomic E-state index is 0.428. The van der Waals surface area contributed by atoms with E-state index in [9.17, 15) is 0 Å². The lowest BCUT2D eigenvalue weighted by Crippen LogP contribution is -2.12. The van der Waals surface area contributed by atoms with Gasteiger partial charge in [-0.15, -0.1) is 5.10 Å². The zero-order chi connectivity index (χ0) is 13.8. The summed E-state index contributed by atoms with van der Waals surface area (Å²) in [6.45, 7) is 2.99. The first-order chi connectivity index (χ1) is 9.11. The van der Waals surface area contributed by atoms with Gasteiger partial charge in [-0.05, 0) is 24.6 Å². The molecular weight excluding hydrogens is 287 g/mol. The minimum absolute atomic E-state index is 0.428. The standard InChI is InChI=1S/C12H14Cl2N4O/c1-2-10-12(15)16-17-18(10)5-6-19-11-4-3-8(13)7-9(11)14/h3-4,7H,2,5-6,15H2,1H3. The van der Waals surface area contributed by atoms with Gasteiger partial charge in [0.15, 0.2) is 5.82 Å². The minimum Gasteiger partial charge on any atom is -0.490 e. The largest absolute Gasteiger partial charge is 0.490 e. The summed E-state index contributed by atoms with van der Waals surface area (Å²) in [7, 11) is 0. The number of hydrogen-bond acceptors (Lipinski definition) is 4. The van der Waals surface area contributed by atoms with Crippen LogP contribution in [0.25, 0.3) is 0 Å². The molecule has 102 valence electrons. The van der Waals surface area contributed by atoms with Crippen LogP contribution in [-0.2, 0) is 13.0 Å². The maximum Gasteiger partial charge on any atom is 0.169 e. The Kier molecular flexibility index (Phi) is 4.50. The van der Waals surface area contributed by atoms with Crippen molar-refractivity contribution in [2.24, 2.45) is 0 Å².